The van der Waals surface area contributed by atoms with Crippen LogP contribution in [0.3, 0.4) is 0 Å². The van der Waals surface area contributed by atoms with E-state index in [2.05, 4.69) is 21.2 Å². The third-order valence-electron chi connectivity index (χ3n) is 3.23. The van der Waals surface area contributed by atoms with Crippen molar-refractivity contribution in [1.82, 2.24) is 10.2 Å². The lowest BCUT2D eigenvalue weighted by Gasteiger charge is -2.30. The average Bonchev–Trinajstić information content (AvgIpc) is 2.35. The maximum absolute atomic E-state index is 11.4. The van der Waals surface area contributed by atoms with Gasteiger partial charge in [-0.05, 0) is 40.0 Å². The van der Waals surface area contributed by atoms with E-state index in [1.54, 1.807) is 11.0 Å². The summed E-state index contributed by atoms with van der Waals surface area (Å²) in [6.45, 7) is 1.50. The van der Waals surface area contributed by atoms with Crippen molar-refractivity contribution >= 4 is 21.8 Å². The first-order valence-corrected chi connectivity index (χ1v) is 6.80. The Bertz CT molecular complexity index is 451. The molecule has 4 nitrogen and oxygen atoms in total. The number of carbonyl (C=O) groups excluding carboxylic acids is 1. The van der Waals surface area contributed by atoms with E-state index in [0.29, 0.717) is 16.9 Å². The first-order valence-electron chi connectivity index (χ1n) is 6.01. The summed E-state index contributed by atoms with van der Waals surface area (Å²) in [5.41, 5.74) is 1.11. The second-order valence-corrected chi connectivity index (χ2v) is 5.53. The molecule has 1 aromatic rings. The fraction of sp³-hybridized carbons (Fsp3) is 0.462. The van der Waals surface area contributed by atoms with E-state index in [0.717, 1.165) is 25.1 Å². The molecule has 1 aromatic carbocycles. The molecule has 2 N–H and O–H groups in total. The van der Waals surface area contributed by atoms with Gasteiger partial charge in [0, 0.05) is 32.6 Å². The number of aromatic hydroxyl groups is 1. The largest absolute Gasteiger partial charge is 0.507 e. The number of piperidine rings is 1. The molecule has 1 fully saturated rings. The normalized spacial score (nSPS) is 20.2. The SMILES string of the molecule is CN1CC(NCc2ccc(O)c(Br)c2)CCC1=O. The number of nitrogens with zero attached hydrogens (tertiary/aromatic N) is 1. The number of halogens is 1. The highest BCUT2D eigenvalue weighted by atomic mass is 79.9. The molecule has 1 heterocycles. The molecule has 5 heteroatoms. The first-order chi connectivity index (χ1) is 8.56. The van der Waals surface area contributed by atoms with Gasteiger partial charge in [-0.2, -0.15) is 0 Å². The molecule has 0 radical (unpaired) electrons. The Morgan fingerprint density at radius 1 is 1.56 bits per heavy atom. The number of likely N-dealkylation sites (tertiary alicyclic amines) is 1. The number of hydrogen-bond donors (Lipinski definition) is 2. The maximum Gasteiger partial charge on any atom is 0.222 e. The second kappa shape index (κ2) is 5.71. The molecule has 18 heavy (non-hydrogen) atoms. The van der Waals surface area contributed by atoms with Crippen LogP contribution in [0.25, 0.3) is 0 Å². The summed E-state index contributed by atoms with van der Waals surface area (Å²) < 4.78 is 0.706. The van der Waals surface area contributed by atoms with Crippen molar-refractivity contribution in [2.75, 3.05) is 13.6 Å². The Kier molecular flexibility index (Phi) is 4.24. The molecular formula is C13H17BrN2O2. The molecule has 1 aliphatic heterocycles. The van der Waals surface area contributed by atoms with Gasteiger partial charge >= 0.3 is 0 Å². The highest BCUT2D eigenvalue weighted by Crippen LogP contribution is 2.24. The van der Waals surface area contributed by atoms with Crippen LogP contribution >= 0.6 is 15.9 Å². The second-order valence-electron chi connectivity index (χ2n) is 4.68. The number of carbonyl (C=O) groups is 1. The van der Waals surface area contributed by atoms with Crippen molar-refractivity contribution in [2.45, 2.75) is 25.4 Å². The molecule has 1 saturated heterocycles. The number of likely N-dealkylation sites (N-methyl/N-ethyl adjacent to an activating group) is 1. The summed E-state index contributed by atoms with van der Waals surface area (Å²) in [6, 6.07) is 5.82. The summed E-state index contributed by atoms with van der Waals surface area (Å²) >= 11 is 3.30. The van der Waals surface area contributed by atoms with Crippen LogP contribution in [0, 0.1) is 0 Å². The zero-order chi connectivity index (χ0) is 13.1. The summed E-state index contributed by atoms with van der Waals surface area (Å²) in [6.07, 6.45) is 1.51. The lowest BCUT2D eigenvalue weighted by atomic mass is 10.1. The summed E-state index contributed by atoms with van der Waals surface area (Å²) in [4.78, 5) is 13.1. The van der Waals surface area contributed by atoms with E-state index in [1.165, 1.54) is 0 Å². The van der Waals surface area contributed by atoms with Gasteiger partial charge in [0.05, 0.1) is 4.47 Å². The zero-order valence-electron chi connectivity index (χ0n) is 10.3. The number of nitrogens with one attached hydrogen (secondary N) is 1. The number of amides is 1. The smallest absolute Gasteiger partial charge is 0.222 e. The van der Waals surface area contributed by atoms with Gasteiger partial charge in [-0.1, -0.05) is 6.07 Å². The van der Waals surface area contributed by atoms with Crippen LogP contribution in [0.4, 0.5) is 0 Å². The number of phenols is 1. The lowest BCUT2D eigenvalue weighted by molar-refractivity contribution is -0.132. The van der Waals surface area contributed by atoms with Gasteiger partial charge in [0.2, 0.25) is 5.91 Å². The number of hydrogen-bond acceptors (Lipinski definition) is 3. The average molecular weight is 313 g/mol. The molecule has 0 saturated carbocycles. The quantitative estimate of drug-likeness (QED) is 0.896. The van der Waals surface area contributed by atoms with Crippen LogP contribution in [0.15, 0.2) is 22.7 Å². The molecule has 2 rings (SSSR count). The predicted octanol–water partition coefficient (Wildman–Crippen LogP) is 1.87. The highest BCUT2D eigenvalue weighted by molar-refractivity contribution is 9.10. The van der Waals surface area contributed by atoms with Crippen molar-refractivity contribution < 1.29 is 9.90 Å². The minimum absolute atomic E-state index is 0.223. The highest BCUT2D eigenvalue weighted by Gasteiger charge is 2.22. The first kappa shape index (κ1) is 13.4. The molecule has 1 amide bonds. The predicted molar refractivity (Wildman–Crippen MR) is 73.3 cm³/mol. The molecule has 0 bridgehead atoms. The standard InChI is InChI=1S/C13H17BrN2O2/c1-16-8-10(3-5-13(16)18)15-7-9-2-4-12(17)11(14)6-9/h2,4,6,10,15,17H,3,5,7-8H2,1H3. The van der Waals surface area contributed by atoms with E-state index in [9.17, 15) is 9.90 Å². The third-order valence-corrected chi connectivity index (χ3v) is 3.87. The van der Waals surface area contributed by atoms with Crippen LogP contribution in [-0.4, -0.2) is 35.5 Å². The van der Waals surface area contributed by atoms with Crippen molar-refractivity contribution in [3.05, 3.63) is 28.2 Å². The van der Waals surface area contributed by atoms with Crippen LogP contribution in [0.2, 0.25) is 0 Å². The zero-order valence-corrected chi connectivity index (χ0v) is 11.9. The van der Waals surface area contributed by atoms with Gasteiger partial charge in [-0.3, -0.25) is 4.79 Å². The molecule has 0 spiro atoms. The van der Waals surface area contributed by atoms with Crippen molar-refractivity contribution in [2.24, 2.45) is 0 Å². The molecule has 1 aliphatic rings. The molecule has 0 aromatic heterocycles. The van der Waals surface area contributed by atoms with Gasteiger partial charge in [-0.25, -0.2) is 0 Å². The van der Waals surface area contributed by atoms with E-state index in [4.69, 9.17) is 0 Å². The fourth-order valence-corrected chi connectivity index (χ4v) is 2.53. The Balaban J connectivity index is 1.88. The van der Waals surface area contributed by atoms with Crippen molar-refractivity contribution in [3.8, 4) is 5.75 Å². The molecule has 98 valence electrons. The van der Waals surface area contributed by atoms with E-state index >= 15 is 0 Å². The molecule has 1 atom stereocenters. The van der Waals surface area contributed by atoms with Gasteiger partial charge in [0.1, 0.15) is 5.75 Å². The Morgan fingerprint density at radius 2 is 2.33 bits per heavy atom. The van der Waals surface area contributed by atoms with Crippen molar-refractivity contribution in [3.63, 3.8) is 0 Å². The van der Waals surface area contributed by atoms with Crippen LogP contribution < -0.4 is 5.32 Å². The summed E-state index contributed by atoms with van der Waals surface area (Å²) in [5.74, 6) is 0.474. The minimum Gasteiger partial charge on any atom is -0.507 e. The van der Waals surface area contributed by atoms with Crippen molar-refractivity contribution in [1.29, 1.82) is 0 Å². The van der Waals surface area contributed by atoms with Gasteiger partial charge in [0.25, 0.3) is 0 Å². The molecule has 1 unspecified atom stereocenters. The summed E-state index contributed by atoms with van der Waals surface area (Å²) in [7, 11) is 1.84. The third kappa shape index (κ3) is 3.23. The van der Waals surface area contributed by atoms with E-state index in [-0.39, 0.29) is 11.7 Å². The minimum atomic E-state index is 0.223. The van der Waals surface area contributed by atoms with E-state index in [1.807, 2.05) is 19.2 Å². The Labute approximate surface area is 115 Å². The Hall–Kier alpha value is -1.07. The lowest BCUT2D eigenvalue weighted by Crippen LogP contribution is -2.46. The number of rotatable bonds is 3. The number of phenolic OH excluding ortho intramolecular Hbond substituents is 1. The van der Waals surface area contributed by atoms with Gasteiger partial charge in [0.15, 0.2) is 0 Å². The molecular weight excluding hydrogens is 296 g/mol. The number of benzene rings is 1. The van der Waals surface area contributed by atoms with Crippen LogP contribution in [0.1, 0.15) is 18.4 Å². The van der Waals surface area contributed by atoms with E-state index < -0.39 is 0 Å². The maximum atomic E-state index is 11.4. The van der Waals surface area contributed by atoms with Crippen LogP contribution in [-0.2, 0) is 11.3 Å². The topological polar surface area (TPSA) is 52.6 Å². The van der Waals surface area contributed by atoms with Gasteiger partial charge < -0.3 is 15.3 Å². The van der Waals surface area contributed by atoms with Gasteiger partial charge in [-0.15, -0.1) is 0 Å². The van der Waals surface area contributed by atoms with Crippen LogP contribution in [0.5, 0.6) is 5.75 Å². The molecule has 0 aliphatic carbocycles. The Morgan fingerprint density at radius 3 is 3.00 bits per heavy atom. The fourth-order valence-electron chi connectivity index (χ4n) is 2.10. The summed E-state index contributed by atoms with van der Waals surface area (Å²) in [5, 5.41) is 12.9. The monoisotopic (exact) mass is 312 g/mol.